The number of para-hydroxylation sites is 2. The van der Waals surface area contributed by atoms with Gasteiger partial charge in [0.05, 0.1) is 5.69 Å². The number of carbonyl (C=O) groups is 1. The van der Waals surface area contributed by atoms with Gasteiger partial charge < -0.3 is 10.5 Å². The number of nitrogens with two attached hydrogens (primary N) is 1. The molecule has 0 spiro atoms. The maximum Gasteiger partial charge on any atom is 0.203 e. The van der Waals surface area contributed by atoms with Gasteiger partial charge in [-0.1, -0.05) is 25.1 Å². The number of anilines is 1. The monoisotopic (exact) mass is 297 g/mol. The molecule has 0 aliphatic heterocycles. The molecule has 2 N–H and O–H groups in total. The first-order valence-corrected chi connectivity index (χ1v) is 7.57. The molecule has 22 heavy (non-hydrogen) atoms. The lowest BCUT2D eigenvalue weighted by atomic mass is 9.95. The number of nitrogen functional groups attached to an aromatic ring is 1. The first kappa shape index (κ1) is 16.1. The molecule has 0 aromatic heterocycles. The maximum atomic E-state index is 12.8. The Hall–Kier alpha value is -2.29. The second-order valence-corrected chi connectivity index (χ2v) is 5.67. The third kappa shape index (κ3) is 3.30. The van der Waals surface area contributed by atoms with E-state index in [0.29, 0.717) is 17.9 Å². The van der Waals surface area contributed by atoms with E-state index in [9.17, 15) is 4.79 Å². The summed E-state index contributed by atoms with van der Waals surface area (Å²) in [5.74, 6) is 0.565. The van der Waals surface area contributed by atoms with Gasteiger partial charge in [-0.25, -0.2) is 0 Å². The van der Waals surface area contributed by atoms with Crippen molar-refractivity contribution in [3.63, 3.8) is 0 Å². The van der Waals surface area contributed by atoms with Gasteiger partial charge in [-0.05, 0) is 62.1 Å². The van der Waals surface area contributed by atoms with Crippen molar-refractivity contribution >= 4 is 11.5 Å². The molecule has 0 bridgehead atoms. The Morgan fingerprint density at radius 1 is 1.09 bits per heavy atom. The van der Waals surface area contributed by atoms with Gasteiger partial charge in [0, 0.05) is 5.56 Å². The van der Waals surface area contributed by atoms with Crippen LogP contribution in [0, 0.1) is 20.8 Å². The van der Waals surface area contributed by atoms with Gasteiger partial charge in [0.2, 0.25) is 5.78 Å². The molecule has 0 heterocycles. The molecule has 0 amide bonds. The van der Waals surface area contributed by atoms with Crippen LogP contribution in [0.5, 0.6) is 5.75 Å². The molecular weight excluding hydrogens is 274 g/mol. The van der Waals surface area contributed by atoms with Crippen LogP contribution in [-0.4, -0.2) is 11.9 Å². The normalized spacial score (nSPS) is 12.0. The zero-order chi connectivity index (χ0) is 16.3. The summed E-state index contributed by atoms with van der Waals surface area (Å²) in [5.41, 5.74) is 10.5. The highest BCUT2D eigenvalue weighted by molar-refractivity contribution is 6.01. The number of ketones is 1. The molecule has 0 aliphatic rings. The Bertz CT molecular complexity index is 692. The summed E-state index contributed by atoms with van der Waals surface area (Å²) in [6.45, 7) is 7.97. The SMILES string of the molecule is CCC(Oc1ccccc1N)C(=O)c1cc(C)c(C)cc1C. The van der Waals surface area contributed by atoms with Gasteiger partial charge in [-0.3, -0.25) is 4.79 Å². The van der Waals surface area contributed by atoms with Crippen LogP contribution in [0.15, 0.2) is 36.4 Å². The van der Waals surface area contributed by atoms with Crippen LogP contribution < -0.4 is 10.5 Å². The van der Waals surface area contributed by atoms with Crippen molar-refractivity contribution in [1.29, 1.82) is 0 Å². The highest BCUT2D eigenvalue weighted by Crippen LogP contribution is 2.24. The minimum atomic E-state index is -0.523. The van der Waals surface area contributed by atoms with E-state index in [1.807, 2.05) is 45.0 Å². The highest BCUT2D eigenvalue weighted by Gasteiger charge is 2.22. The molecule has 0 fully saturated rings. The van der Waals surface area contributed by atoms with Gasteiger partial charge in [0.1, 0.15) is 5.75 Å². The van der Waals surface area contributed by atoms with Crippen molar-refractivity contribution in [3.8, 4) is 5.75 Å². The Morgan fingerprint density at radius 3 is 2.36 bits per heavy atom. The number of Topliss-reactive ketones (excluding diaryl/α,β-unsaturated/α-hetero) is 1. The molecule has 1 atom stereocenters. The second-order valence-electron chi connectivity index (χ2n) is 5.67. The van der Waals surface area contributed by atoms with Crippen LogP contribution in [0.2, 0.25) is 0 Å². The first-order chi connectivity index (χ1) is 10.4. The van der Waals surface area contributed by atoms with E-state index in [4.69, 9.17) is 10.5 Å². The summed E-state index contributed by atoms with van der Waals surface area (Å²) in [7, 11) is 0. The summed E-state index contributed by atoms with van der Waals surface area (Å²) >= 11 is 0. The van der Waals surface area contributed by atoms with Crippen LogP contribution in [0.4, 0.5) is 5.69 Å². The minimum Gasteiger partial charge on any atom is -0.480 e. The van der Waals surface area contributed by atoms with Crippen molar-refractivity contribution in [1.82, 2.24) is 0 Å². The molecule has 2 rings (SSSR count). The molecule has 3 nitrogen and oxygen atoms in total. The van der Waals surface area contributed by atoms with Crippen molar-refractivity contribution in [2.75, 3.05) is 5.73 Å². The van der Waals surface area contributed by atoms with E-state index in [1.165, 1.54) is 5.56 Å². The average Bonchev–Trinajstić information content (AvgIpc) is 2.49. The lowest BCUT2D eigenvalue weighted by Crippen LogP contribution is -2.27. The van der Waals surface area contributed by atoms with E-state index in [-0.39, 0.29) is 5.78 Å². The molecule has 0 aliphatic carbocycles. The molecule has 1 unspecified atom stereocenters. The number of hydrogen-bond donors (Lipinski definition) is 1. The van der Waals surface area contributed by atoms with Crippen molar-refractivity contribution in [2.24, 2.45) is 0 Å². The molecule has 2 aromatic carbocycles. The largest absolute Gasteiger partial charge is 0.480 e. The zero-order valence-corrected chi connectivity index (χ0v) is 13.6. The van der Waals surface area contributed by atoms with Crippen LogP contribution in [0.1, 0.15) is 40.4 Å². The molecule has 0 saturated heterocycles. The lowest BCUT2D eigenvalue weighted by molar-refractivity contribution is 0.0787. The maximum absolute atomic E-state index is 12.8. The van der Waals surface area contributed by atoms with Crippen molar-refractivity contribution < 1.29 is 9.53 Å². The Balaban J connectivity index is 2.30. The van der Waals surface area contributed by atoms with Crippen molar-refractivity contribution in [3.05, 3.63) is 58.7 Å². The minimum absolute atomic E-state index is 0.00588. The Morgan fingerprint density at radius 2 is 1.73 bits per heavy atom. The topological polar surface area (TPSA) is 52.3 Å². The molecule has 0 saturated carbocycles. The Labute approximate surface area is 132 Å². The second kappa shape index (κ2) is 6.65. The van der Waals surface area contributed by atoms with Crippen LogP contribution >= 0.6 is 0 Å². The van der Waals surface area contributed by atoms with Crippen LogP contribution in [-0.2, 0) is 0 Å². The smallest absolute Gasteiger partial charge is 0.203 e. The fraction of sp³-hybridized carbons (Fsp3) is 0.316. The average molecular weight is 297 g/mol. The van der Waals surface area contributed by atoms with Gasteiger partial charge >= 0.3 is 0 Å². The van der Waals surface area contributed by atoms with Crippen LogP contribution in [0.25, 0.3) is 0 Å². The third-order valence-corrected chi connectivity index (χ3v) is 3.96. The number of hydrogen-bond acceptors (Lipinski definition) is 3. The van der Waals surface area contributed by atoms with E-state index in [2.05, 4.69) is 6.92 Å². The number of rotatable bonds is 5. The quantitative estimate of drug-likeness (QED) is 0.663. The standard InChI is InChI=1S/C19H23NO2/c1-5-17(22-18-9-7-6-8-16(18)20)19(21)15-11-13(3)12(2)10-14(15)4/h6-11,17H,5,20H2,1-4H3. The number of ether oxygens (including phenoxy) is 1. The van der Waals surface area contributed by atoms with Gasteiger partial charge in [0.15, 0.2) is 6.10 Å². The van der Waals surface area contributed by atoms with Gasteiger partial charge in [-0.2, -0.15) is 0 Å². The molecule has 2 aromatic rings. The summed E-state index contributed by atoms with van der Waals surface area (Å²) < 4.78 is 5.86. The number of benzene rings is 2. The van der Waals surface area contributed by atoms with E-state index >= 15 is 0 Å². The summed E-state index contributed by atoms with van der Waals surface area (Å²) in [4.78, 5) is 12.8. The van der Waals surface area contributed by atoms with E-state index in [1.54, 1.807) is 12.1 Å². The zero-order valence-electron chi connectivity index (χ0n) is 13.6. The van der Waals surface area contributed by atoms with Gasteiger partial charge in [-0.15, -0.1) is 0 Å². The fourth-order valence-corrected chi connectivity index (χ4v) is 2.46. The number of aryl methyl sites for hydroxylation is 3. The first-order valence-electron chi connectivity index (χ1n) is 7.57. The third-order valence-electron chi connectivity index (χ3n) is 3.96. The lowest BCUT2D eigenvalue weighted by Gasteiger charge is -2.19. The van der Waals surface area contributed by atoms with Gasteiger partial charge in [0.25, 0.3) is 0 Å². The Kier molecular flexibility index (Phi) is 4.86. The molecule has 116 valence electrons. The fourth-order valence-electron chi connectivity index (χ4n) is 2.46. The van der Waals surface area contributed by atoms with E-state index in [0.717, 1.165) is 16.7 Å². The molecule has 0 radical (unpaired) electrons. The summed E-state index contributed by atoms with van der Waals surface area (Å²) in [6.07, 6.45) is 0.0741. The number of carbonyl (C=O) groups excluding carboxylic acids is 1. The molecule has 3 heteroatoms. The van der Waals surface area contributed by atoms with Crippen molar-refractivity contribution in [2.45, 2.75) is 40.2 Å². The van der Waals surface area contributed by atoms with Crippen LogP contribution in [0.3, 0.4) is 0 Å². The summed E-state index contributed by atoms with van der Waals surface area (Å²) in [6, 6.07) is 11.3. The molecular formula is C19H23NO2. The summed E-state index contributed by atoms with van der Waals surface area (Å²) in [5, 5.41) is 0. The highest BCUT2D eigenvalue weighted by atomic mass is 16.5. The van der Waals surface area contributed by atoms with E-state index < -0.39 is 6.10 Å². The predicted octanol–water partition coefficient (Wildman–Crippen LogP) is 4.23. The predicted molar refractivity (Wildman–Crippen MR) is 90.5 cm³/mol.